The number of amides is 1. The van der Waals surface area contributed by atoms with Crippen LogP contribution in [0.1, 0.15) is 33.6 Å². The molecule has 0 unspecified atom stereocenters. The largest absolute Gasteiger partial charge is 0.496 e. The summed E-state index contributed by atoms with van der Waals surface area (Å²) in [6.07, 6.45) is 2.01. The van der Waals surface area contributed by atoms with Crippen LogP contribution in [0.5, 0.6) is 5.75 Å². The molecule has 0 aliphatic heterocycles. The molecule has 1 heterocycles. The summed E-state index contributed by atoms with van der Waals surface area (Å²) in [6, 6.07) is 16.4. The van der Waals surface area contributed by atoms with Gasteiger partial charge in [-0.25, -0.2) is 0 Å². The first-order chi connectivity index (χ1) is 15.0. The van der Waals surface area contributed by atoms with Crippen LogP contribution in [0, 0.1) is 10.1 Å². The Kier molecular flexibility index (Phi) is 6.18. The number of nitro benzene ring substituents is 1. The molecule has 0 spiro atoms. The Morgan fingerprint density at radius 3 is 2.68 bits per heavy atom. The minimum Gasteiger partial charge on any atom is -0.496 e. The summed E-state index contributed by atoms with van der Waals surface area (Å²) in [5, 5.41) is 16.8. The van der Waals surface area contributed by atoms with Crippen LogP contribution in [0.4, 0.5) is 11.4 Å². The number of benzene rings is 2. The molecule has 3 aromatic rings. The molecule has 0 atom stereocenters. The molecule has 0 radical (unpaired) electrons. The molecule has 1 N–H and O–H groups in total. The van der Waals surface area contributed by atoms with Crippen LogP contribution in [0.3, 0.4) is 0 Å². The van der Waals surface area contributed by atoms with Gasteiger partial charge in [-0.1, -0.05) is 24.3 Å². The average molecular weight is 438 g/mol. The number of thiophene rings is 1. The van der Waals surface area contributed by atoms with Crippen LogP contribution in [-0.2, 0) is 13.1 Å². The van der Waals surface area contributed by atoms with Crippen molar-refractivity contribution in [3.8, 4) is 5.75 Å². The number of methoxy groups -OCH3 is 1. The molecule has 8 heteroatoms. The van der Waals surface area contributed by atoms with Gasteiger partial charge in [-0.15, -0.1) is 11.3 Å². The Hall–Kier alpha value is -3.39. The third-order valence-electron chi connectivity index (χ3n) is 5.15. The van der Waals surface area contributed by atoms with Gasteiger partial charge in [0.25, 0.3) is 11.6 Å². The third kappa shape index (κ3) is 5.03. The van der Waals surface area contributed by atoms with Crippen LogP contribution in [-0.4, -0.2) is 28.9 Å². The summed E-state index contributed by atoms with van der Waals surface area (Å²) in [7, 11) is 1.60. The highest BCUT2D eigenvalue weighted by molar-refractivity contribution is 7.09. The van der Waals surface area contributed by atoms with E-state index in [1.165, 1.54) is 6.07 Å². The molecule has 1 amide bonds. The van der Waals surface area contributed by atoms with Crippen molar-refractivity contribution < 1.29 is 14.5 Å². The SMILES string of the molecule is COc1ccccc1CN(Cc1cccs1)C(=O)c1ccc(NC2CC2)c([N+](=O)[O-])c1. The van der Waals surface area contributed by atoms with E-state index in [0.29, 0.717) is 30.1 Å². The fourth-order valence-corrected chi connectivity index (χ4v) is 4.12. The van der Waals surface area contributed by atoms with Crippen LogP contribution in [0.15, 0.2) is 60.0 Å². The summed E-state index contributed by atoms with van der Waals surface area (Å²) in [6.45, 7) is 0.737. The number of anilines is 1. The van der Waals surface area contributed by atoms with Crippen molar-refractivity contribution in [2.24, 2.45) is 0 Å². The van der Waals surface area contributed by atoms with Crippen molar-refractivity contribution in [2.75, 3.05) is 12.4 Å². The van der Waals surface area contributed by atoms with Crippen LogP contribution < -0.4 is 10.1 Å². The zero-order chi connectivity index (χ0) is 21.8. The number of hydrogen-bond acceptors (Lipinski definition) is 6. The first-order valence-electron chi connectivity index (χ1n) is 10.0. The number of hydrogen-bond donors (Lipinski definition) is 1. The predicted octanol–water partition coefficient (Wildman–Crippen LogP) is 5.08. The molecule has 1 aliphatic rings. The second kappa shape index (κ2) is 9.18. The number of nitrogens with zero attached hydrogens (tertiary/aromatic N) is 2. The van der Waals surface area contributed by atoms with E-state index < -0.39 is 4.92 Å². The third-order valence-corrected chi connectivity index (χ3v) is 6.01. The smallest absolute Gasteiger partial charge is 0.293 e. The van der Waals surface area contributed by atoms with Gasteiger partial charge in [0.15, 0.2) is 0 Å². The molecule has 1 aromatic heterocycles. The van der Waals surface area contributed by atoms with Crippen molar-refractivity contribution in [1.29, 1.82) is 0 Å². The van der Waals surface area contributed by atoms with Gasteiger partial charge in [-0.05, 0) is 42.5 Å². The van der Waals surface area contributed by atoms with Crippen LogP contribution in [0.2, 0.25) is 0 Å². The quantitative estimate of drug-likeness (QED) is 0.373. The summed E-state index contributed by atoms with van der Waals surface area (Å²) < 4.78 is 5.44. The maximum Gasteiger partial charge on any atom is 0.293 e. The van der Waals surface area contributed by atoms with Gasteiger partial charge in [0.05, 0.1) is 25.1 Å². The van der Waals surface area contributed by atoms with E-state index in [0.717, 1.165) is 23.3 Å². The molecular formula is C23H23N3O4S. The number of carbonyl (C=O) groups is 1. The van der Waals surface area contributed by atoms with Crippen LogP contribution in [0.25, 0.3) is 0 Å². The van der Waals surface area contributed by atoms with Gasteiger partial charge in [0, 0.05) is 28.1 Å². The lowest BCUT2D eigenvalue weighted by molar-refractivity contribution is -0.384. The molecule has 4 rings (SSSR count). The molecular weight excluding hydrogens is 414 g/mol. The maximum atomic E-state index is 13.4. The maximum absolute atomic E-state index is 13.4. The first-order valence-corrected chi connectivity index (χ1v) is 10.9. The molecule has 31 heavy (non-hydrogen) atoms. The van der Waals surface area contributed by atoms with Crippen molar-refractivity contribution in [3.05, 3.63) is 86.1 Å². The number of carbonyl (C=O) groups excluding carboxylic acids is 1. The van der Waals surface area contributed by atoms with E-state index in [1.807, 2.05) is 41.8 Å². The van der Waals surface area contributed by atoms with Gasteiger partial charge in [0.1, 0.15) is 11.4 Å². The fourth-order valence-electron chi connectivity index (χ4n) is 3.40. The Bertz CT molecular complexity index is 1080. The standard InChI is InChI=1S/C23H23N3O4S/c1-30-22-7-3-2-5-17(22)14-25(15-19-6-4-12-31-19)23(27)16-8-11-20(24-18-9-10-18)21(13-16)26(28)29/h2-8,11-13,18,24H,9-10,14-15H2,1H3. The van der Waals surface area contributed by atoms with Crippen LogP contribution >= 0.6 is 11.3 Å². The Balaban J connectivity index is 1.64. The van der Waals surface area contributed by atoms with E-state index in [4.69, 9.17) is 4.74 Å². The highest BCUT2D eigenvalue weighted by Crippen LogP contribution is 2.32. The zero-order valence-electron chi connectivity index (χ0n) is 17.1. The van der Waals surface area contributed by atoms with E-state index in [1.54, 1.807) is 35.5 Å². The van der Waals surface area contributed by atoms with Crippen molar-refractivity contribution in [3.63, 3.8) is 0 Å². The minimum absolute atomic E-state index is 0.0777. The summed E-state index contributed by atoms with van der Waals surface area (Å²) in [5.74, 6) is 0.432. The lowest BCUT2D eigenvalue weighted by atomic mass is 10.1. The topological polar surface area (TPSA) is 84.7 Å². The number of nitro groups is 1. The van der Waals surface area contributed by atoms with Crippen molar-refractivity contribution in [1.82, 2.24) is 4.90 Å². The fraction of sp³-hybridized carbons (Fsp3) is 0.261. The minimum atomic E-state index is -0.439. The lowest BCUT2D eigenvalue weighted by Gasteiger charge is -2.23. The molecule has 7 nitrogen and oxygen atoms in total. The number of para-hydroxylation sites is 1. The van der Waals surface area contributed by atoms with Crippen molar-refractivity contribution in [2.45, 2.75) is 32.0 Å². The second-order valence-corrected chi connectivity index (χ2v) is 8.49. The number of rotatable bonds is 9. The normalized spacial score (nSPS) is 12.9. The summed E-state index contributed by atoms with van der Waals surface area (Å²) >= 11 is 1.57. The Morgan fingerprint density at radius 2 is 2.00 bits per heavy atom. The van der Waals surface area contributed by atoms with Gasteiger partial charge in [-0.2, -0.15) is 0 Å². The van der Waals surface area contributed by atoms with E-state index in [2.05, 4.69) is 5.32 Å². The van der Waals surface area contributed by atoms with Gasteiger partial charge < -0.3 is 15.0 Å². The number of ether oxygens (including phenoxy) is 1. The van der Waals surface area contributed by atoms with Gasteiger partial charge in [0.2, 0.25) is 0 Å². The molecule has 1 aliphatic carbocycles. The molecule has 0 saturated heterocycles. The Labute approximate surface area is 184 Å². The van der Waals surface area contributed by atoms with E-state index >= 15 is 0 Å². The monoisotopic (exact) mass is 437 g/mol. The zero-order valence-corrected chi connectivity index (χ0v) is 17.9. The average Bonchev–Trinajstić information content (AvgIpc) is 3.45. The van der Waals surface area contributed by atoms with E-state index in [-0.39, 0.29) is 17.6 Å². The number of nitrogens with one attached hydrogen (secondary N) is 1. The lowest BCUT2D eigenvalue weighted by Crippen LogP contribution is -2.30. The summed E-state index contributed by atoms with van der Waals surface area (Å²) in [4.78, 5) is 27.4. The highest BCUT2D eigenvalue weighted by Gasteiger charge is 2.27. The van der Waals surface area contributed by atoms with Gasteiger partial charge >= 0.3 is 0 Å². The summed E-state index contributed by atoms with van der Waals surface area (Å²) in [5.41, 5.74) is 1.54. The van der Waals surface area contributed by atoms with E-state index in [9.17, 15) is 14.9 Å². The first kappa shape index (κ1) is 20.9. The Morgan fingerprint density at radius 1 is 1.19 bits per heavy atom. The predicted molar refractivity (Wildman–Crippen MR) is 121 cm³/mol. The second-order valence-electron chi connectivity index (χ2n) is 7.46. The highest BCUT2D eigenvalue weighted by atomic mass is 32.1. The molecule has 1 saturated carbocycles. The van der Waals surface area contributed by atoms with Crippen molar-refractivity contribution >= 4 is 28.6 Å². The van der Waals surface area contributed by atoms with Gasteiger partial charge in [-0.3, -0.25) is 14.9 Å². The molecule has 1 fully saturated rings. The molecule has 160 valence electrons. The molecule has 0 bridgehead atoms. The molecule has 2 aromatic carbocycles.